The van der Waals surface area contributed by atoms with E-state index in [9.17, 15) is 14.4 Å². The number of amides is 4. The molecule has 0 radical (unpaired) electrons. The van der Waals surface area contributed by atoms with Crippen LogP contribution in [0.25, 0.3) is 0 Å². The molecule has 3 aliphatic heterocycles. The fourth-order valence-corrected chi connectivity index (χ4v) is 4.67. The number of fused-ring (bicyclic) bond motifs is 3. The summed E-state index contributed by atoms with van der Waals surface area (Å²) in [6.07, 6.45) is 1.10. The van der Waals surface area contributed by atoms with Gasteiger partial charge in [-0.05, 0) is 31.0 Å². The number of para-hydroxylation sites is 2. The summed E-state index contributed by atoms with van der Waals surface area (Å²) in [4.78, 5) is 41.9. The quantitative estimate of drug-likeness (QED) is 0.796. The summed E-state index contributed by atoms with van der Waals surface area (Å²) in [5, 5.41) is 2.84. The van der Waals surface area contributed by atoms with Crippen LogP contribution in [0.3, 0.4) is 0 Å². The highest BCUT2D eigenvalue weighted by molar-refractivity contribution is 6.11. The molecule has 3 aliphatic rings. The van der Waals surface area contributed by atoms with Crippen LogP contribution >= 0.6 is 0 Å². The van der Waals surface area contributed by atoms with Gasteiger partial charge < -0.3 is 15.0 Å². The standard InChI is InChI=1S/C22H21N3O4/c1-14-12-15-6-2-4-8-17(15)25(14)19(26)13-24-20(27)22(23-21(24)28)10-11-29-18-9-5-3-7-16(18)22/h2-9,14H,10-13H2,1H3,(H,23,28)/t14-,22-/m1/s1. The van der Waals surface area contributed by atoms with Crippen LogP contribution in [0.4, 0.5) is 10.5 Å². The van der Waals surface area contributed by atoms with Gasteiger partial charge in [0.25, 0.3) is 5.91 Å². The molecule has 1 fully saturated rings. The molecule has 0 bridgehead atoms. The van der Waals surface area contributed by atoms with E-state index in [1.807, 2.05) is 43.3 Å². The Hall–Kier alpha value is -3.35. The summed E-state index contributed by atoms with van der Waals surface area (Å²) in [6, 6.07) is 14.4. The first-order chi connectivity index (χ1) is 14.0. The second-order valence-electron chi connectivity index (χ2n) is 7.77. The minimum atomic E-state index is -1.17. The minimum absolute atomic E-state index is 0.0153. The molecule has 4 amide bonds. The second kappa shape index (κ2) is 6.34. The lowest BCUT2D eigenvalue weighted by Gasteiger charge is -2.33. The van der Waals surface area contributed by atoms with Gasteiger partial charge >= 0.3 is 6.03 Å². The molecule has 0 aliphatic carbocycles. The molecule has 0 unspecified atom stereocenters. The summed E-state index contributed by atoms with van der Waals surface area (Å²) in [5.74, 6) is -0.0715. The van der Waals surface area contributed by atoms with Crippen molar-refractivity contribution in [2.45, 2.75) is 31.3 Å². The van der Waals surface area contributed by atoms with Crippen LogP contribution < -0.4 is 15.0 Å². The molecule has 1 spiro atoms. The SMILES string of the molecule is C[C@@H]1Cc2ccccc2N1C(=O)CN1C(=O)N[C@@]2(CCOc3ccccc32)C1=O. The number of ether oxygens (including phenoxy) is 1. The van der Waals surface area contributed by atoms with E-state index in [4.69, 9.17) is 4.74 Å². The summed E-state index contributed by atoms with van der Waals surface area (Å²) in [7, 11) is 0. The van der Waals surface area contributed by atoms with Crippen LogP contribution in [-0.2, 0) is 21.5 Å². The summed E-state index contributed by atoms with van der Waals surface area (Å²) in [6.45, 7) is 2.01. The Morgan fingerprint density at radius 3 is 2.79 bits per heavy atom. The number of carbonyl (C=O) groups is 3. The Bertz CT molecular complexity index is 1040. The highest BCUT2D eigenvalue weighted by Gasteiger charge is 2.55. The maximum Gasteiger partial charge on any atom is 0.325 e. The highest BCUT2D eigenvalue weighted by Crippen LogP contribution is 2.41. The third kappa shape index (κ3) is 2.53. The van der Waals surface area contributed by atoms with Crippen molar-refractivity contribution in [3.8, 4) is 5.75 Å². The van der Waals surface area contributed by atoms with Crippen molar-refractivity contribution >= 4 is 23.5 Å². The predicted molar refractivity (Wildman–Crippen MR) is 106 cm³/mol. The van der Waals surface area contributed by atoms with Crippen molar-refractivity contribution in [3.63, 3.8) is 0 Å². The number of nitrogens with one attached hydrogen (secondary N) is 1. The fourth-order valence-electron chi connectivity index (χ4n) is 4.67. The lowest BCUT2D eigenvalue weighted by atomic mass is 9.84. The van der Waals surface area contributed by atoms with E-state index in [1.165, 1.54) is 0 Å². The van der Waals surface area contributed by atoms with Crippen LogP contribution in [0.5, 0.6) is 5.75 Å². The number of carbonyl (C=O) groups excluding carboxylic acids is 3. The van der Waals surface area contributed by atoms with Gasteiger partial charge in [-0.25, -0.2) is 4.79 Å². The van der Waals surface area contributed by atoms with Gasteiger partial charge in [0.05, 0.1) is 6.61 Å². The molecule has 0 aromatic heterocycles. The number of benzene rings is 2. The zero-order valence-electron chi connectivity index (χ0n) is 16.1. The monoisotopic (exact) mass is 391 g/mol. The molecular weight excluding hydrogens is 370 g/mol. The van der Waals surface area contributed by atoms with E-state index < -0.39 is 17.5 Å². The molecule has 7 heteroatoms. The molecule has 1 N–H and O–H groups in total. The largest absolute Gasteiger partial charge is 0.493 e. The van der Waals surface area contributed by atoms with Gasteiger partial charge in [-0.3, -0.25) is 14.5 Å². The van der Waals surface area contributed by atoms with E-state index >= 15 is 0 Å². The Balaban J connectivity index is 1.43. The van der Waals surface area contributed by atoms with Crippen molar-refractivity contribution in [1.82, 2.24) is 10.2 Å². The van der Waals surface area contributed by atoms with E-state index in [-0.39, 0.29) is 18.5 Å². The molecule has 5 rings (SSSR count). The van der Waals surface area contributed by atoms with Crippen molar-refractivity contribution in [1.29, 1.82) is 0 Å². The number of imide groups is 1. The van der Waals surface area contributed by atoms with Crippen LogP contribution in [0.15, 0.2) is 48.5 Å². The van der Waals surface area contributed by atoms with Crippen molar-refractivity contribution < 1.29 is 19.1 Å². The van der Waals surface area contributed by atoms with Crippen LogP contribution in [0.1, 0.15) is 24.5 Å². The first kappa shape index (κ1) is 17.7. The van der Waals surface area contributed by atoms with Crippen LogP contribution in [-0.4, -0.2) is 41.9 Å². The molecule has 2 aromatic carbocycles. The molecule has 2 aromatic rings. The first-order valence-electron chi connectivity index (χ1n) is 9.77. The summed E-state index contributed by atoms with van der Waals surface area (Å²) in [5.41, 5.74) is 1.42. The maximum atomic E-state index is 13.3. The van der Waals surface area contributed by atoms with Crippen LogP contribution in [0.2, 0.25) is 0 Å². The van der Waals surface area contributed by atoms with Gasteiger partial charge in [0, 0.05) is 23.7 Å². The lowest BCUT2D eigenvalue weighted by Crippen LogP contribution is -2.48. The molecule has 1 saturated heterocycles. The molecule has 7 nitrogen and oxygen atoms in total. The van der Waals surface area contributed by atoms with Gasteiger partial charge in [-0.2, -0.15) is 0 Å². The van der Waals surface area contributed by atoms with E-state index in [1.54, 1.807) is 17.0 Å². The van der Waals surface area contributed by atoms with Crippen molar-refractivity contribution in [2.75, 3.05) is 18.1 Å². The molecule has 148 valence electrons. The van der Waals surface area contributed by atoms with Gasteiger partial charge in [0.15, 0.2) is 5.54 Å². The fraction of sp³-hybridized carbons (Fsp3) is 0.318. The van der Waals surface area contributed by atoms with Crippen LogP contribution in [0, 0.1) is 0 Å². The Morgan fingerprint density at radius 2 is 1.93 bits per heavy atom. The smallest absolute Gasteiger partial charge is 0.325 e. The van der Waals surface area contributed by atoms with Crippen molar-refractivity contribution in [3.05, 3.63) is 59.7 Å². The minimum Gasteiger partial charge on any atom is -0.493 e. The first-order valence-corrected chi connectivity index (χ1v) is 9.77. The molecule has 2 atom stereocenters. The highest BCUT2D eigenvalue weighted by atomic mass is 16.5. The number of anilines is 1. The number of nitrogens with zero attached hydrogens (tertiary/aromatic N) is 2. The summed E-state index contributed by atoms with van der Waals surface area (Å²) < 4.78 is 5.65. The van der Waals surface area contributed by atoms with Crippen molar-refractivity contribution in [2.24, 2.45) is 0 Å². The molecule has 3 heterocycles. The lowest BCUT2D eigenvalue weighted by molar-refractivity contribution is -0.135. The zero-order valence-corrected chi connectivity index (χ0v) is 16.1. The number of urea groups is 1. The zero-order chi connectivity index (χ0) is 20.2. The third-order valence-corrected chi connectivity index (χ3v) is 6.03. The topological polar surface area (TPSA) is 79.0 Å². The molecule has 29 heavy (non-hydrogen) atoms. The molecule has 0 saturated carbocycles. The Labute approximate surface area is 168 Å². The van der Waals surface area contributed by atoms with Gasteiger partial charge in [0.2, 0.25) is 5.91 Å². The van der Waals surface area contributed by atoms with E-state index in [0.717, 1.165) is 22.6 Å². The van der Waals surface area contributed by atoms with E-state index in [0.29, 0.717) is 24.3 Å². The second-order valence-corrected chi connectivity index (χ2v) is 7.77. The van der Waals surface area contributed by atoms with Gasteiger partial charge in [-0.15, -0.1) is 0 Å². The summed E-state index contributed by atoms with van der Waals surface area (Å²) >= 11 is 0. The Kier molecular flexibility index (Phi) is 3.87. The Morgan fingerprint density at radius 1 is 1.17 bits per heavy atom. The predicted octanol–water partition coefficient (Wildman–Crippen LogP) is 2.19. The maximum absolute atomic E-state index is 13.3. The van der Waals surface area contributed by atoms with Gasteiger partial charge in [-0.1, -0.05) is 36.4 Å². The third-order valence-electron chi connectivity index (χ3n) is 6.03. The normalized spacial score (nSPS) is 24.9. The van der Waals surface area contributed by atoms with E-state index in [2.05, 4.69) is 5.32 Å². The average Bonchev–Trinajstić information content (AvgIpc) is 3.17. The number of hydrogen-bond acceptors (Lipinski definition) is 4. The average molecular weight is 391 g/mol. The number of rotatable bonds is 2. The van der Waals surface area contributed by atoms with Gasteiger partial charge in [0.1, 0.15) is 12.3 Å². The number of hydrogen-bond donors (Lipinski definition) is 1. The molecular formula is C22H21N3O4.